The molecule has 0 saturated carbocycles. The third kappa shape index (κ3) is 2.97. The second kappa shape index (κ2) is 6.11. The van der Waals surface area contributed by atoms with Crippen molar-refractivity contribution in [2.45, 2.75) is 31.6 Å². The zero-order chi connectivity index (χ0) is 13.8. The Morgan fingerprint density at radius 2 is 1.90 bits per heavy atom. The normalized spacial score (nSPS) is 23.4. The van der Waals surface area contributed by atoms with Gasteiger partial charge in [-0.3, -0.25) is 4.90 Å². The molecular weight excluding hydrogens is 244 g/mol. The summed E-state index contributed by atoms with van der Waals surface area (Å²) in [6.07, 6.45) is 6.13. The van der Waals surface area contributed by atoms with E-state index in [4.69, 9.17) is 0 Å². The van der Waals surface area contributed by atoms with Crippen LogP contribution >= 0.6 is 0 Å². The molecule has 0 spiro atoms. The largest absolute Gasteiger partial charge is 0.317 e. The fourth-order valence-corrected chi connectivity index (χ4v) is 3.79. The maximum absolute atomic E-state index is 3.53. The van der Waals surface area contributed by atoms with E-state index in [0.29, 0.717) is 5.41 Å². The predicted octanol–water partition coefficient (Wildman–Crippen LogP) is 2.96. The molecule has 1 fully saturated rings. The lowest BCUT2D eigenvalue weighted by molar-refractivity contribution is 0.181. The van der Waals surface area contributed by atoms with Gasteiger partial charge in [-0.25, -0.2) is 0 Å². The first kappa shape index (κ1) is 13.8. The molecule has 20 heavy (non-hydrogen) atoms. The summed E-state index contributed by atoms with van der Waals surface area (Å²) in [6, 6.07) is 11.2. The molecule has 2 heterocycles. The van der Waals surface area contributed by atoms with Crippen LogP contribution in [-0.4, -0.2) is 37.6 Å². The molecule has 3 rings (SSSR count). The molecule has 1 saturated heterocycles. The molecular formula is C18H26N2. The van der Waals surface area contributed by atoms with Crippen molar-refractivity contribution in [1.82, 2.24) is 10.2 Å². The smallest absolute Gasteiger partial charge is 0.0190 e. The van der Waals surface area contributed by atoms with Gasteiger partial charge in [0.05, 0.1) is 0 Å². The van der Waals surface area contributed by atoms with Crippen molar-refractivity contribution in [3.63, 3.8) is 0 Å². The average Bonchev–Trinajstić information content (AvgIpc) is 2.49. The molecule has 0 aliphatic carbocycles. The second-order valence-electron chi connectivity index (χ2n) is 6.45. The highest BCUT2D eigenvalue weighted by Gasteiger charge is 2.35. The fraction of sp³-hybridized carbons (Fsp3) is 0.556. The summed E-state index contributed by atoms with van der Waals surface area (Å²) in [6.45, 7) is 8.16. The molecule has 108 valence electrons. The maximum atomic E-state index is 3.53. The lowest BCUT2D eigenvalue weighted by atomic mass is 9.72. The van der Waals surface area contributed by atoms with Crippen molar-refractivity contribution in [3.05, 3.63) is 47.5 Å². The molecule has 2 heteroatoms. The average molecular weight is 270 g/mol. The lowest BCUT2D eigenvalue weighted by Gasteiger charge is -2.43. The van der Waals surface area contributed by atoms with Crippen LogP contribution in [0.5, 0.6) is 0 Å². The maximum Gasteiger partial charge on any atom is 0.0190 e. The van der Waals surface area contributed by atoms with E-state index >= 15 is 0 Å². The SMILES string of the molecule is CC1=CCCN(CC2(c3ccccc3)CCNCC2)C1. The molecule has 1 N–H and O–H groups in total. The fourth-order valence-electron chi connectivity index (χ4n) is 3.79. The lowest BCUT2D eigenvalue weighted by Crippen LogP contribution is -2.48. The number of nitrogens with zero attached hydrogens (tertiary/aromatic N) is 1. The molecule has 2 nitrogen and oxygen atoms in total. The van der Waals surface area contributed by atoms with Crippen LogP contribution in [0.25, 0.3) is 0 Å². The van der Waals surface area contributed by atoms with Crippen LogP contribution in [0.3, 0.4) is 0 Å². The van der Waals surface area contributed by atoms with E-state index < -0.39 is 0 Å². The summed E-state index contributed by atoms with van der Waals surface area (Å²) in [5.74, 6) is 0. The monoisotopic (exact) mass is 270 g/mol. The van der Waals surface area contributed by atoms with Gasteiger partial charge in [0, 0.05) is 25.0 Å². The number of benzene rings is 1. The van der Waals surface area contributed by atoms with Crippen molar-refractivity contribution < 1.29 is 0 Å². The van der Waals surface area contributed by atoms with Gasteiger partial charge in [0.15, 0.2) is 0 Å². The Morgan fingerprint density at radius 1 is 1.15 bits per heavy atom. The minimum absolute atomic E-state index is 0.351. The van der Waals surface area contributed by atoms with Gasteiger partial charge in [-0.2, -0.15) is 0 Å². The van der Waals surface area contributed by atoms with Crippen LogP contribution in [0, 0.1) is 0 Å². The zero-order valence-electron chi connectivity index (χ0n) is 12.6. The van der Waals surface area contributed by atoms with Crippen LogP contribution in [0.4, 0.5) is 0 Å². The number of hydrogen-bond donors (Lipinski definition) is 1. The molecule has 1 aromatic rings. The quantitative estimate of drug-likeness (QED) is 0.850. The minimum Gasteiger partial charge on any atom is -0.317 e. The van der Waals surface area contributed by atoms with Gasteiger partial charge in [-0.05, 0) is 44.8 Å². The van der Waals surface area contributed by atoms with Gasteiger partial charge >= 0.3 is 0 Å². The van der Waals surface area contributed by atoms with E-state index in [-0.39, 0.29) is 0 Å². The van der Waals surface area contributed by atoms with E-state index in [2.05, 4.69) is 53.5 Å². The van der Waals surface area contributed by atoms with E-state index in [1.54, 1.807) is 0 Å². The Hall–Kier alpha value is -1.12. The highest BCUT2D eigenvalue weighted by molar-refractivity contribution is 5.27. The van der Waals surface area contributed by atoms with Gasteiger partial charge < -0.3 is 5.32 Å². The zero-order valence-corrected chi connectivity index (χ0v) is 12.6. The molecule has 0 unspecified atom stereocenters. The molecule has 0 amide bonds. The summed E-state index contributed by atoms with van der Waals surface area (Å²) in [7, 11) is 0. The van der Waals surface area contributed by atoms with Gasteiger partial charge in [0.1, 0.15) is 0 Å². The molecule has 2 aliphatic heterocycles. The van der Waals surface area contributed by atoms with Gasteiger partial charge in [0.2, 0.25) is 0 Å². The number of piperidine rings is 1. The molecule has 0 atom stereocenters. The van der Waals surface area contributed by atoms with Crippen LogP contribution in [0.15, 0.2) is 42.0 Å². The highest BCUT2D eigenvalue weighted by Crippen LogP contribution is 2.35. The number of hydrogen-bond acceptors (Lipinski definition) is 2. The van der Waals surface area contributed by atoms with Crippen LogP contribution in [0.2, 0.25) is 0 Å². The third-order valence-corrected chi connectivity index (χ3v) is 4.88. The summed E-state index contributed by atoms with van der Waals surface area (Å²) in [5, 5.41) is 3.53. The van der Waals surface area contributed by atoms with Crippen LogP contribution in [-0.2, 0) is 5.41 Å². The molecule has 0 radical (unpaired) electrons. The standard InChI is InChI=1S/C18H26N2/c1-16-6-5-13-20(14-16)15-18(9-11-19-12-10-18)17-7-3-2-4-8-17/h2-4,6-8,19H,5,9-15H2,1H3. The highest BCUT2D eigenvalue weighted by atomic mass is 15.1. The van der Waals surface area contributed by atoms with Crippen molar-refractivity contribution >= 4 is 0 Å². The van der Waals surface area contributed by atoms with Gasteiger partial charge in [0.25, 0.3) is 0 Å². The Balaban J connectivity index is 1.81. The number of rotatable bonds is 3. The summed E-state index contributed by atoms with van der Waals surface area (Å²) in [5.41, 5.74) is 3.42. The first-order chi connectivity index (χ1) is 9.78. The van der Waals surface area contributed by atoms with Crippen molar-refractivity contribution in [3.8, 4) is 0 Å². The van der Waals surface area contributed by atoms with E-state index in [0.717, 1.165) is 19.6 Å². The first-order valence-electron chi connectivity index (χ1n) is 7.93. The van der Waals surface area contributed by atoms with Gasteiger partial charge in [-0.15, -0.1) is 0 Å². The molecule has 2 aliphatic rings. The van der Waals surface area contributed by atoms with Crippen molar-refractivity contribution in [2.75, 3.05) is 32.7 Å². The Morgan fingerprint density at radius 3 is 2.60 bits per heavy atom. The molecule has 0 bridgehead atoms. The Kier molecular flexibility index (Phi) is 4.23. The van der Waals surface area contributed by atoms with Crippen LogP contribution < -0.4 is 5.32 Å². The van der Waals surface area contributed by atoms with E-state index in [1.807, 2.05) is 0 Å². The van der Waals surface area contributed by atoms with Crippen LogP contribution in [0.1, 0.15) is 31.7 Å². The Bertz CT molecular complexity index is 458. The van der Waals surface area contributed by atoms with E-state index in [9.17, 15) is 0 Å². The van der Waals surface area contributed by atoms with Gasteiger partial charge in [-0.1, -0.05) is 42.0 Å². The first-order valence-corrected chi connectivity index (χ1v) is 7.93. The molecule has 0 aromatic heterocycles. The number of nitrogens with one attached hydrogen (secondary N) is 1. The predicted molar refractivity (Wildman–Crippen MR) is 85.0 cm³/mol. The summed E-state index contributed by atoms with van der Waals surface area (Å²) in [4.78, 5) is 2.66. The van der Waals surface area contributed by atoms with Crippen molar-refractivity contribution in [1.29, 1.82) is 0 Å². The minimum atomic E-state index is 0.351. The van der Waals surface area contributed by atoms with E-state index in [1.165, 1.54) is 43.5 Å². The molecule has 1 aromatic carbocycles. The van der Waals surface area contributed by atoms with Crippen molar-refractivity contribution in [2.24, 2.45) is 0 Å². The second-order valence-corrected chi connectivity index (χ2v) is 6.45. The summed E-state index contributed by atoms with van der Waals surface area (Å²) < 4.78 is 0. The third-order valence-electron chi connectivity index (χ3n) is 4.88. The summed E-state index contributed by atoms with van der Waals surface area (Å²) >= 11 is 0. The Labute approximate surface area is 122 Å². The topological polar surface area (TPSA) is 15.3 Å².